The highest BCUT2D eigenvalue weighted by atomic mass is 32.2. The summed E-state index contributed by atoms with van der Waals surface area (Å²) in [6.07, 6.45) is 2.50. The average molecular weight is 412 g/mol. The normalized spacial score (nSPS) is 31.8. The molecular weight excluding hydrogens is 390 g/mol. The van der Waals surface area contributed by atoms with Gasteiger partial charge in [-0.25, -0.2) is 13.2 Å². The fraction of sp³-hybridized carbons (Fsp3) is 0.588. The molecule has 0 aromatic carbocycles. The predicted octanol–water partition coefficient (Wildman–Crippen LogP) is 0.525. The van der Waals surface area contributed by atoms with Gasteiger partial charge in [-0.3, -0.25) is 14.5 Å². The van der Waals surface area contributed by atoms with E-state index in [9.17, 15) is 22.8 Å². The fourth-order valence-corrected chi connectivity index (χ4v) is 7.41. The molecule has 4 amide bonds. The van der Waals surface area contributed by atoms with Gasteiger partial charge in [0.1, 0.15) is 12.1 Å². The first-order valence-corrected chi connectivity index (χ1v) is 11.6. The number of carbonyl (C=O) groups excluding carboxylic acids is 3. The Morgan fingerprint density at radius 3 is 2.85 bits per heavy atom. The highest BCUT2D eigenvalue weighted by Crippen LogP contribution is 2.42. The Bertz CT molecular complexity index is 940. The quantitative estimate of drug-likeness (QED) is 0.705. The van der Waals surface area contributed by atoms with Crippen LogP contribution >= 0.6 is 11.3 Å². The molecule has 10 heteroatoms. The summed E-state index contributed by atoms with van der Waals surface area (Å²) in [6, 6.07) is 1.28. The molecule has 27 heavy (non-hydrogen) atoms. The van der Waals surface area contributed by atoms with Crippen LogP contribution < -0.4 is 10.6 Å². The van der Waals surface area contributed by atoms with E-state index in [-0.39, 0.29) is 11.5 Å². The summed E-state index contributed by atoms with van der Waals surface area (Å²) in [5.74, 6) is -1.05. The molecule has 146 valence electrons. The van der Waals surface area contributed by atoms with Crippen molar-refractivity contribution in [2.45, 2.75) is 43.7 Å². The van der Waals surface area contributed by atoms with Crippen LogP contribution in [0.4, 0.5) is 4.79 Å². The van der Waals surface area contributed by atoms with E-state index in [1.54, 1.807) is 18.3 Å². The summed E-state index contributed by atoms with van der Waals surface area (Å²) < 4.78 is 23.4. The minimum atomic E-state index is -3.17. The Balaban J connectivity index is 1.50. The Labute approximate surface area is 161 Å². The smallest absolute Gasteiger partial charge is 0.325 e. The van der Waals surface area contributed by atoms with Gasteiger partial charge in [-0.2, -0.15) is 0 Å². The Hall–Kier alpha value is -1.94. The van der Waals surface area contributed by atoms with E-state index in [1.165, 1.54) is 0 Å². The second-order valence-electron chi connectivity index (χ2n) is 7.79. The average Bonchev–Trinajstić information content (AvgIpc) is 3.21. The minimum absolute atomic E-state index is 0.0248. The molecule has 0 saturated carbocycles. The van der Waals surface area contributed by atoms with E-state index in [4.69, 9.17) is 0 Å². The van der Waals surface area contributed by atoms with Crippen molar-refractivity contribution in [3.8, 4) is 0 Å². The molecule has 0 radical (unpaired) electrons. The molecule has 0 unspecified atom stereocenters. The first-order valence-electron chi connectivity index (χ1n) is 8.87. The molecule has 2 saturated heterocycles. The van der Waals surface area contributed by atoms with Crippen LogP contribution in [0, 0.1) is 0 Å². The second kappa shape index (κ2) is 6.03. The number of hydrogen-bond donors (Lipinski definition) is 2. The summed E-state index contributed by atoms with van der Waals surface area (Å²) in [5, 5.41) is 7.41. The first kappa shape index (κ1) is 18.4. The Morgan fingerprint density at radius 2 is 2.15 bits per heavy atom. The summed E-state index contributed by atoms with van der Waals surface area (Å²) >= 11 is 1.57. The largest absolute Gasteiger partial charge is 0.348 e. The number of hydrogen-bond acceptors (Lipinski definition) is 6. The van der Waals surface area contributed by atoms with Crippen LogP contribution in [-0.2, 0) is 31.4 Å². The third kappa shape index (κ3) is 3.04. The van der Waals surface area contributed by atoms with Crippen LogP contribution in [0.5, 0.6) is 0 Å². The van der Waals surface area contributed by atoms with Gasteiger partial charge in [0.15, 0.2) is 9.84 Å². The van der Waals surface area contributed by atoms with Crippen molar-refractivity contribution < 1.29 is 22.8 Å². The van der Waals surface area contributed by atoms with Crippen LogP contribution in [-0.4, -0.2) is 54.8 Å². The van der Waals surface area contributed by atoms with Crippen molar-refractivity contribution in [1.82, 2.24) is 15.5 Å². The molecule has 0 bridgehead atoms. The number of nitrogens with zero attached hydrogens (tertiary/aromatic N) is 1. The van der Waals surface area contributed by atoms with Crippen LogP contribution in [0.3, 0.4) is 0 Å². The molecule has 2 N–H and O–H groups in total. The minimum Gasteiger partial charge on any atom is -0.348 e. The number of thiophene rings is 1. The topological polar surface area (TPSA) is 113 Å². The number of carbonyl (C=O) groups is 3. The Kier molecular flexibility index (Phi) is 4.12. The maximum absolute atomic E-state index is 13.1. The number of nitrogens with one attached hydrogen (secondary N) is 2. The van der Waals surface area contributed by atoms with Crippen molar-refractivity contribution in [3.05, 3.63) is 21.9 Å². The lowest BCUT2D eigenvalue weighted by Crippen LogP contribution is -2.51. The molecule has 1 aliphatic carbocycles. The van der Waals surface area contributed by atoms with E-state index >= 15 is 0 Å². The number of fused-ring (bicyclic) bond motifs is 2. The van der Waals surface area contributed by atoms with Gasteiger partial charge in [0.05, 0.1) is 17.0 Å². The van der Waals surface area contributed by atoms with Crippen LogP contribution in [0.15, 0.2) is 11.4 Å². The zero-order valence-corrected chi connectivity index (χ0v) is 16.5. The third-order valence-corrected chi connectivity index (χ3v) is 8.47. The summed E-state index contributed by atoms with van der Waals surface area (Å²) in [4.78, 5) is 40.0. The molecule has 2 aliphatic heterocycles. The Morgan fingerprint density at radius 1 is 1.37 bits per heavy atom. The monoisotopic (exact) mass is 411 g/mol. The van der Waals surface area contributed by atoms with Gasteiger partial charge in [0.25, 0.3) is 5.91 Å². The maximum Gasteiger partial charge on any atom is 0.325 e. The predicted molar refractivity (Wildman–Crippen MR) is 99.0 cm³/mol. The van der Waals surface area contributed by atoms with Crippen LogP contribution in [0.2, 0.25) is 0 Å². The number of urea groups is 1. The van der Waals surface area contributed by atoms with Gasteiger partial charge in [-0.05, 0) is 44.1 Å². The maximum atomic E-state index is 13.1. The second-order valence-corrected chi connectivity index (χ2v) is 11.0. The molecule has 2 atom stereocenters. The molecule has 1 spiro atoms. The van der Waals surface area contributed by atoms with Gasteiger partial charge in [-0.15, -0.1) is 11.3 Å². The zero-order valence-electron chi connectivity index (χ0n) is 14.9. The standard InChI is InChI=1S/C17H21N3O5S2/c1-16(6-8-27(24,25)10-16)18-13(21)9-20-14(22)17(19-15(20)23)5-2-3-12-11(17)4-7-26-12/h4,7H,2-3,5-6,8-10H2,1H3,(H,18,21)(H,19,23)/t16-,17-/m1/s1. The van der Waals surface area contributed by atoms with Gasteiger partial charge in [0, 0.05) is 10.4 Å². The van der Waals surface area contributed by atoms with Gasteiger partial charge in [-0.1, -0.05) is 0 Å². The van der Waals surface area contributed by atoms with Crippen molar-refractivity contribution in [2.24, 2.45) is 0 Å². The van der Waals surface area contributed by atoms with Gasteiger partial charge >= 0.3 is 6.03 Å². The van der Waals surface area contributed by atoms with E-state index in [2.05, 4.69) is 10.6 Å². The third-order valence-electron chi connectivity index (χ3n) is 5.58. The molecular formula is C17H21N3O5S2. The van der Waals surface area contributed by atoms with Gasteiger partial charge < -0.3 is 10.6 Å². The van der Waals surface area contributed by atoms with E-state index in [1.807, 2.05) is 11.4 Å². The molecule has 1 aromatic rings. The highest BCUT2D eigenvalue weighted by molar-refractivity contribution is 7.91. The fourth-order valence-electron chi connectivity index (χ4n) is 4.31. The van der Waals surface area contributed by atoms with Gasteiger partial charge in [0.2, 0.25) is 5.91 Å². The highest BCUT2D eigenvalue weighted by Gasteiger charge is 2.54. The van der Waals surface area contributed by atoms with Crippen molar-refractivity contribution >= 4 is 39.0 Å². The number of imide groups is 1. The summed E-state index contributed by atoms with van der Waals surface area (Å²) in [7, 11) is -3.17. The SMILES string of the molecule is C[C@@]1(NC(=O)CN2C(=O)N[C@@]3(CCCc4sccc43)C2=O)CCS(=O)(=O)C1. The summed E-state index contributed by atoms with van der Waals surface area (Å²) in [6.45, 7) is 1.25. The molecule has 8 nitrogen and oxygen atoms in total. The molecule has 2 fully saturated rings. The van der Waals surface area contributed by atoms with Crippen molar-refractivity contribution in [2.75, 3.05) is 18.1 Å². The number of aryl methyl sites for hydroxylation is 1. The number of rotatable bonds is 3. The number of sulfone groups is 1. The van der Waals surface area contributed by atoms with Crippen molar-refractivity contribution in [1.29, 1.82) is 0 Å². The molecule has 3 heterocycles. The molecule has 3 aliphatic rings. The van der Waals surface area contributed by atoms with E-state index < -0.39 is 45.3 Å². The van der Waals surface area contributed by atoms with Crippen molar-refractivity contribution in [3.63, 3.8) is 0 Å². The van der Waals surface area contributed by atoms with Crippen LogP contribution in [0.25, 0.3) is 0 Å². The van der Waals surface area contributed by atoms with E-state index in [0.29, 0.717) is 12.8 Å². The molecule has 1 aromatic heterocycles. The summed E-state index contributed by atoms with van der Waals surface area (Å²) in [5.41, 5.74) is -1.11. The zero-order chi connectivity index (χ0) is 19.4. The van der Waals surface area contributed by atoms with Crippen LogP contribution in [0.1, 0.15) is 36.6 Å². The first-order chi connectivity index (χ1) is 12.6. The lowest BCUT2D eigenvalue weighted by molar-refractivity contribution is -0.136. The lowest BCUT2D eigenvalue weighted by atomic mass is 9.80. The molecule has 4 rings (SSSR count). The lowest BCUT2D eigenvalue weighted by Gasteiger charge is -2.31. The number of amides is 4. The van der Waals surface area contributed by atoms with E-state index in [0.717, 1.165) is 28.2 Å².